The number of hydrogen-bond donors (Lipinski definition) is 0. The van der Waals surface area contributed by atoms with Gasteiger partial charge in [-0.2, -0.15) is 0 Å². The predicted octanol–water partition coefficient (Wildman–Crippen LogP) is 3.93. The van der Waals surface area contributed by atoms with Crippen LogP contribution >= 0.6 is 0 Å². The molecule has 0 aromatic heterocycles. The Labute approximate surface area is 102 Å². The summed E-state index contributed by atoms with van der Waals surface area (Å²) in [7, 11) is 0. The third kappa shape index (κ3) is 2.61. The number of nitrogens with zero attached hydrogens (tertiary/aromatic N) is 1. The van der Waals surface area contributed by atoms with E-state index in [4.69, 9.17) is 0 Å². The van der Waals surface area contributed by atoms with Crippen molar-refractivity contribution in [1.29, 1.82) is 0 Å². The molecule has 2 fully saturated rings. The van der Waals surface area contributed by atoms with E-state index in [0.717, 1.165) is 23.8 Å². The van der Waals surface area contributed by atoms with Gasteiger partial charge < -0.3 is 4.90 Å². The summed E-state index contributed by atoms with van der Waals surface area (Å²) in [6.07, 6.45) is 8.73. The van der Waals surface area contributed by atoms with Crippen molar-refractivity contribution in [1.82, 2.24) is 4.90 Å². The molecule has 1 aliphatic heterocycles. The molecular formula is C15H29N. The summed E-state index contributed by atoms with van der Waals surface area (Å²) in [5, 5.41) is 0. The highest BCUT2D eigenvalue weighted by Gasteiger charge is 2.35. The maximum Gasteiger partial charge on any atom is 0.00953 e. The third-order valence-corrected chi connectivity index (χ3v) is 4.94. The van der Waals surface area contributed by atoms with E-state index in [9.17, 15) is 0 Å². The molecule has 1 saturated heterocycles. The van der Waals surface area contributed by atoms with Gasteiger partial charge in [0.15, 0.2) is 0 Å². The Hall–Kier alpha value is -0.0400. The van der Waals surface area contributed by atoms with Crippen LogP contribution in [0.1, 0.15) is 59.3 Å². The number of rotatable bonds is 4. The van der Waals surface area contributed by atoms with Crippen molar-refractivity contribution in [2.24, 2.45) is 17.8 Å². The van der Waals surface area contributed by atoms with Crippen molar-refractivity contribution >= 4 is 0 Å². The Morgan fingerprint density at radius 1 is 1.19 bits per heavy atom. The van der Waals surface area contributed by atoms with E-state index < -0.39 is 0 Å². The third-order valence-electron chi connectivity index (χ3n) is 4.94. The minimum Gasteiger partial charge on any atom is -0.300 e. The Kier molecular flexibility index (Phi) is 4.29. The van der Waals surface area contributed by atoms with Gasteiger partial charge in [-0.25, -0.2) is 0 Å². The van der Waals surface area contributed by atoms with Crippen LogP contribution in [-0.2, 0) is 0 Å². The Balaban J connectivity index is 1.91. The molecule has 1 nitrogen and oxygen atoms in total. The first-order chi connectivity index (χ1) is 7.72. The highest BCUT2D eigenvalue weighted by atomic mass is 15.2. The van der Waals surface area contributed by atoms with Crippen LogP contribution in [0.15, 0.2) is 0 Å². The van der Waals surface area contributed by atoms with E-state index in [1.165, 1.54) is 51.6 Å². The maximum atomic E-state index is 2.81. The van der Waals surface area contributed by atoms with Gasteiger partial charge in [0, 0.05) is 12.6 Å². The summed E-state index contributed by atoms with van der Waals surface area (Å²) >= 11 is 0. The van der Waals surface area contributed by atoms with Crippen LogP contribution in [0, 0.1) is 17.8 Å². The number of likely N-dealkylation sites (tertiary alicyclic amines) is 1. The molecule has 1 heterocycles. The van der Waals surface area contributed by atoms with Gasteiger partial charge in [-0.15, -0.1) is 0 Å². The zero-order valence-corrected chi connectivity index (χ0v) is 11.4. The Morgan fingerprint density at radius 3 is 2.44 bits per heavy atom. The van der Waals surface area contributed by atoms with E-state index in [0.29, 0.717) is 0 Å². The van der Waals surface area contributed by atoms with Gasteiger partial charge >= 0.3 is 0 Å². The number of piperidine rings is 1. The fourth-order valence-corrected chi connectivity index (χ4v) is 3.62. The van der Waals surface area contributed by atoms with E-state index in [1.54, 1.807) is 0 Å². The Morgan fingerprint density at radius 2 is 1.94 bits per heavy atom. The van der Waals surface area contributed by atoms with Gasteiger partial charge in [0.25, 0.3) is 0 Å². The van der Waals surface area contributed by atoms with Crippen molar-refractivity contribution in [3.8, 4) is 0 Å². The van der Waals surface area contributed by atoms with Crippen LogP contribution in [0.2, 0.25) is 0 Å². The molecule has 1 aliphatic carbocycles. The van der Waals surface area contributed by atoms with Gasteiger partial charge in [0.2, 0.25) is 0 Å². The van der Waals surface area contributed by atoms with Crippen LogP contribution < -0.4 is 0 Å². The summed E-state index contributed by atoms with van der Waals surface area (Å²) < 4.78 is 0. The van der Waals surface area contributed by atoms with Gasteiger partial charge in [-0.05, 0) is 43.6 Å². The SMILES string of the molecule is CCC[C@H]1CCN(C2CCC2)C[C@H]1C(C)C. The molecule has 1 saturated carbocycles. The van der Waals surface area contributed by atoms with Crippen LogP contribution in [0.25, 0.3) is 0 Å². The normalized spacial score (nSPS) is 33.0. The van der Waals surface area contributed by atoms with Crippen LogP contribution in [0.3, 0.4) is 0 Å². The van der Waals surface area contributed by atoms with Gasteiger partial charge in [0.05, 0.1) is 0 Å². The standard InChI is InChI=1S/C15H29N/c1-4-6-13-9-10-16(14-7-5-8-14)11-15(13)12(2)3/h12-15H,4-11H2,1-3H3/t13-,15-/m0/s1. The minimum absolute atomic E-state index is 0.874. The average Bonchev–Trinajstić information content (AvgIpc) is 2.17. The average molecular weight is 223 g/mol. The second kappa shape index (κ2) is 5.53. The van der Waals surface area contributed by atoms with Crippen molar-refractivity contribution in [3.63, 3.8) is 0 Å². The summed E-state index contributed by atoms with van der Waals surface area (Å²) in [5.41, 5.74) is 0. The quantitative estimate of drug-likeness (QED) is 0.698. The summed E-state index contributed by atoms with van der Waals surface area (Å²) in [6, 6.07) is 0.962. The predicted molar refractivity (Wildman–Crippen MR) is 70.6 cm³/mol. The molecule has 0 spiro atoms. The van der Waals surface area contributed by atoms with Gasteiger partial charge in [-0.1, -0.05) is 40.0 Å². The Bertz CT molecular complexity index is 207. The lowest BCUT2D eigenvalue weighted by Gasteiger charge is -2.46. The molecule has 0 aromatic carbocycles. The van der Waals surface area contributed by atoms with Crippen molar-refractivity contribution in [3.05, 3.63) is 0 Å². The molecule has 0 unspecified atom stereocenters. The zero-order valence-electron chi connectivity index (χ0n) is 11.4. The molecule has 0 aromatic rings. The molecule has 0 amide bonds. The zero-order chi connectivity index (χ0) is 11.5. The lowest BCUT2D eigenvalue weighted by Crippen LogP contribution is -2.49. The van der Waals surface area contributed by atoms with Crippen molar-refractivity contribution in [2.75, 3.05) is 13.1 Å². The molecule has 16 heavy (non-hydrogen) atoms. The molecule has 2 rings (SSSR count). The van der Waals surface area contributed by atoms with Crippen LogP contribution in [0.5, 0.6) is 0 Å². The maximum absolute atomic E-state index is 2.81. The van der Waals surface area contributed by atoms with Gasteiger partial charge in [-0.3, -0.25) is 0 Å². The molecule has 0 N–H and O–H groups in total. The molecule has 0 bridgehead atoms. The molecule has 0 radical (unpaired) electrons. The largest absolute Gasteiger partial charge is 0.300 e. The molecule has 1 heteroatoms. The summed E-state index contributed by atoms with van der Waals surface area (Å²) in [4.78, 5) is 2.81. The smallest absolute Gasteiger partial charge is 0.00953 e. The first-order valence-electron chi connectivity index (χ1n) is 7.46. The van der Waals surface area contributed by atoms with Gasteiger partial charge in [0.1, 0.15) is 0 Å². The van der Waals surface area contributed by atoms with Crippen molar-refractivity contribution < 1.29 is 0 Å². The fourth-order valence-electron chi connectivity index (χ4n) is 3.62. The lowest BCUT2D eigenvalue weighted by atomic mass is 9.75. The summed E-state index contributed by atoms with van der Waals surface area (Å²) in [6.45, 7) is 9.98. The van der Waals surface area contributed by atoms with Crippen LogP contribution in [-0.4, -0.2) is 24.0 Å². The topological polar surface area (TPSA) is 3.24 Å². The van der Waals surface area contributed by atoms with Crippen molar-refractivity contribution in [2.45, 2.75) is 65.3 Å². The lowest BCUT2D eigenvalue weighted by molar-refractivity contribution is 0.0271. The minimum atomic E-state index is 0.874. The molecule has 2 aliphatic rings. The highest BCUT2D eigenvalue weighted by Crippen LogP contribution is 2.36. The number of hydrogen-bond acceptors (Lipinski definition) is 1. The second-order valence-corrected chi connectivity index (χ2v) is 6.32. The molecule has 94 valence electrons. The second-order valence-electron chi connectivity index (χ2n) is 6.32. The monoisotopic (exact) mass is 223 g/mol. The highest BCUT2D eigenvalue weighted by molar-refractivity contribution is 4.88. The van der Waals surface area contributed by atoms with Crippen LogP contribution in [0.4, 0.5) is 0 Å². The van der Waals surface area contributed by atoms with E-state index in [2.05, 4.69) is 25.7 Å². The van der Waals surface area contributed by atoms with E-state index in [-0.39, 0.29) is 0 Å². The first kappa shape index (κ1) is 12.4. The fraction of sp³-hybridized carbons (Fsp3) is 1.00. The van der Waals surface area contributed by atoms with E-state index >= 15 is 0 Å². The first-order valence-corrected chi connectivity index (χ1v) is 7.46. The molecular weight excluding hydrogens is 194 g/mol. The van der Waals surface area contributed by atoms with E-state index in [1.807, 2.05) is 0 Å². The summed E-state index contributed by atoms with van der Waals surface area (Å²) in [5.74, 6) is 2.86. The molecule has 2 atom stereocenters.